The number of piperazine rings is 1. The molecule has 1 aromatic carbocycles. The molecule has 1 fully saturated rings. The van der Waals surface area contributed by atoms with Crippen LogP contribution in [0.15, 0.2) is 18.5 Å². The monoisotopic (exact) mass is 314 g/mol. The van der Waals surface area contributed by atoms with Crippen LogP contribution in [0.4, 0.5) is 0 Å². The average Bonchev–Trinajstić information content (AvgIpc) is 2.90. The van der Waals surface area contributed by atoms with Gasteiger partial charge < -0.3 is 9.47 Å². The summed E-state index contributed by atoms with van der Waals surface area (Å²) in [7, 11) is 0. The first-order valence-electron chi connectivity index (χ1n) is 8.39. The number of fused-ring (bicyclic) bond motifs is 1. The standard InChI is InChI=1S/C18H26N4O/c1-13(2)18(23)21-7-5-20(6-8-21)12-22-11-19-16-9-14(3)15(4)10-17(16)22/h9-11,13H,5-8,12H2,1-4H3. The number of nitrogens with zero attached hydrogens (tertiary/aromatic N) is 4. The van der Waals surface area contributed by atoms with Crippen LogP contribution in [0.1, 0.15) is 25.0 Å². The molecule has 5 nitrogen and oxygen atoms in total. The predicted molar refractivity (Wildman–Crippen MR) is 92.2 cm³/mol. The van der Waals surface area contributed by atoms with Gasteiger partial charge >= 0.3 is 0 Å². The molecular weight excluding hydrogens is 288 g/mol. The van der Waals surface area contributed by atoms with Gasteiger partial charge in [0.05, 0.1) is 24.0 Å². The fourth-order valence-electron chi connectivity index (χ4n) is 3.12. The molecule has 1 aliphatic rings. The van der Waals surface area contributed by atoms with Gasteiger partial charge in [-0.1, -0.05) is 13.8 Å². The van der Waals surface area contributed by atoms with Crippen LogP contribution in [-0.2, 0) is 11.5 Å². The molecule has 1 aliphatic heterocycles. The second-order valence-corrected chi connectivity index (χ2v) is 6.88. The van der Waals surface area contributed by atoms with Crippen LogP contribution in [0.5, 0.6) is 0 Å². The molecule has 5 heteroatoms. The Bertz CT molecular complexity index is 711. The van der Waals surface area contributed by atoms with Crippen molar-refractivity contribution in [2.24, 2.45) is 5.92 Å². The van der Waals surface area contributed by atoms with Crippen LogP contribution in [0.2, 0.25) is 0 Å². The van der Waals surface area contributed by atoms with Crippen LogP contribution < -0.4 is 0 Å². The molecule has 0 atom stereocenters. The molecule has 124 valence electrons. The summed E-state index contributed by atoms with van der Waals surface area (Å²) >= 11 is 0. The zero-order chi connectivity index (χ0) is 16.6. The van der Waals surface area contributed by atoms with Gasteiger partial charge in [-0.15, -0.1) is 0 Å². The van der Waals surface area contributed by atoms with Crippen molar-refractivity contribution in [2.45, 2.75) is 34.4 Å². The molecular formula is C18H26N4O. The minimum Gasteiger partial charge on any atom is -0.340 e. The average molecular weight is 314 g/mol. The minimum absolute atomic E-state index is 0.0883. The molecule has 1 aromatic heterocycles. The molecule has 0 aliphatic carbocycles. The zero-order valence-corrected chi connectivity index (χ0v) is 14.5. The van der Waals surface area contributed by atoms with Gasteiger partial charge in [0.25, 0.3) is 0 Å². The van der Waals surface area contributed by atoms with Gasteiger partial charge in [0, 0.05) is 32.1 Å². The van der Waals surface area contributed by atoms with E-state index >= 15 is 0 Å². The van der Waals surface area contributed by atoms with Gasteiger partial charge in [0.1, 0.15) is 0 Å². The van der Waals surface area contributed by atoms with E-state index in [1.54, 1.807) is 0 Å². The van der Waals surface area contributed by atoms with Crippen molar-refractivity contribution >= 4 is 16.9 Å². The van der Waals surface area contributed by atoms with Gasteiger partial charge in [-0.3, -0.25) is 9.69 Å². The van der Waals surface area contributed by atoms with Crippen molar-refractivity contribution in [2.75, 3.05) is 26.2 Å². The van der Waals surface area contributed by atoms with Crippen molar-refractivity contribution in [1.82, 2.24) is 19.4 Å². The SMILES string of the molecule is Cc1cc2ncn(CN3CCN(C(=O)C(C)C)CC3)c2cc1C. The number of aryl methyl sites for hydroxylation is 2. The van der Waals surface area contributed by atoms with E-state index in [2.05, 4.69) is 40.4 Å². The van der Waals surface area contributed by atoms with E-state index in [0.717, 1.165) is 38.4 Å². The summed E-state index contributed by atoms with van der Waals surface area (Å²) in [5, 5.41) is 0. The molecule has 0 N–H and O–H groups in total. The van der Waals surface area contributed by atoms with Crippen molar-refractivity contribution in [3.8, 4) is 0 Å². The molecule has 0 saturated carbocycles. The Balaban J connectivity index is 1.67. The zero-order valence-electron chi connectivity index (χ0n) is 14.5. The largest absolute Gasteiger partial charge is 0.340 e. The highest BCUT2D eigenvalue weighted by molar-refractivity contribution is 5.78. The van der Waals surface area contributed by atoms with Crippen LogP contribution in [-0.4, -0.2) is 51.4 Å². The summed E-state index contributed by atoms with van der Waals surface area (Å²) in [6.07, 6.45) is 1.93. The van der Waals surface area contributed by atoms with Crippen molar-refractivity contribution in [1.29, 1.82) is 0 Å². The Hall–Kier alpha value is -1.88. The number of amides is 1. The van der Waals surface area contributed by atoms with E-state index in [1.165, 1.54) is 16.6 Å². The molecule has 0 unspecified atom stereocenters. The van der Waals surface area contributed by atoms with Crippen molar-refractivity contribution in [3.05, 3.63) is 29.6 Å². The Kier molecular flexibility index (Phi) is 4.39. The number of carbonyl (C=O) groups excluding carboxylic acids is 1. The van der Waals surface area contributed by atoms with Gasteiger partial charge in [-0.2, -0.15) is 0 Å². The summed E-state index contributed by atoms with van der Waals surface area (Å²) in [6, 6.07) is 4.37. The van der Waals surface area contributed by atoms with Gasteiger partial charge in [0.15, 0.2) is 0 Å². The molecule has 1 amide bonds. The van der Waals surface area contributed by atoms with E-state index in [9.17, 15) is 4.79 Å². The number of aromatic nitrogens is 2. The topological polar surface area (TPSA) is 41.4 Å². The third-order valence-corrected chi connectivity index (χ3v) is 4.77. The molecule has 23 heavy (non-hydrogen) atoms. The Labute approximate surface area is 137 Å². The fraction of sp³-hybridized carbons (Fsp3) is 0.556. The number of hydrogen-bond acceptors (Lipinski definition) is 3. The summed E-state index contributed by atoms with van der Waals surface area (Å²) in [5.41, 5.74) is 4.82. The lowest BCUT2D eigenvalue weighted by Gasteiger charge is -2.35. The third-order valence-electron chi connectivity index (χ3n) is 4.77. The highest BCUT2D eigenvalue weighted by Gasteiger charge is 2.23. The van der Waals surface area contributed by atoms with Crippen LogP contribution in [0, 0.1) is 19.8 Å². The van der Waals surface area contributed by atoms with Gasteiger partial charge in [-0.05, 0) is 37.1 Å². The molecule has 3 rings (SSSR count). The maximum absolute atomic E-state index is 12.1. The second-order valence-electron chi connectivity index (χ2n) is 6.88. The summed E-state index contributed by atoms with van der Waals surface area (Å²) in [4.78, 5) is 21.0. The van der Waals surface area contributed by atoms with E-state index in [0.29, 0.717) is 0 Å². The van der Waals surface area contributed by atoms with E-state index in [1.807, 2.05) is 25.1 Å². The Morgan fingerprint density at radius 3 is 2.43 bits per heavy atom. The third kappa shape index (κ3) is 3.24. The molecule has 1 saturated heterocycles. The highest BCUT2D eigenvalue weighted by Crippen LogP contribution is 2.19. The number of rotatable bonds is 3. The smallest absolute Gasteiger partial charge is 0.225 e. The first kappa shape index (κ1) is 16.0. The van der Waals surface area contributed by atoms with E-state index < -0.39 is 0 Å². The quantitative estimate of drug-likeness (QED) is 0.873. The Morgan fingerprint density at radius 2 is 1.78 bits per heavy atom. The maximum atomic E-state index is 12.1. The molecule has 0 radical (unpaired) electrons. The lowest BCUT2D eigenvalue weighted by Crippen LogP contribution is -2.49. The number of hydrogen-bond donors (Lipinski definition) is 0. The lowest BCUT2D eigenvalue weighted by atomic mass is 10.1. The van der Waals surface area contributed by atoms with Crippen molar-refractivity contribution < 1.29 is 4.79 Å². The van der Waals surface area contributed by atoms with E-state index in [-0.39, 0.29) is 11.8 Å². The van der Waals surface area contributed by atoms with Crippen LogP contribution >= 0.6 is 0 Å². The molecule has 2 heterocycles. The molecule has 2 aromatic rings. The maximum Gasteiger partial charge on any atom is 0.225 e. The van der Waals surface area contributed by atoms with Gasteiger partial charge in [0.2, 0.25) is 5.91 Å². The number of carbonyl (C=O) groups is 1. The summed E-state index contributed by atoms with van der Waals surface area (Å²) < 4.78 is 2.21. The first-order chi connectivity index (χ1) is 11.0. The summed E-state index contributed by atoms with van der Waals surface area (Å²) in [6.45, 7) is 12.5. The molecule has 0 spiro atoms. The normalized spacial score (nSPS) is 16.5. The minimum atomic E-state index is 0.0883. The van der Waals surface area contributed by atoms with E-state index in [4.69, 9.17) is 0 Å². The lowest BCUT2D eigenvalue weighted by molar-refractivity contribution is -0.136. The Morgan fingerprint density at radius 1 is 1.13 bits per heavy atom. The first-order valence-corrected chi connectivity index (χ1v) is 8.39. The second kappa shape index (κ2) is 6.32. The van der Waals surface area contributed by atoms with Crippen LogP contribution in [0.3, 0.4) is 0 Å². The van der Waals surface area contributed by atoms with Crippen LogP contribution in [0.25, 0.3) is 11.0 Å². The van der Waals surface area contributed by atoms with Crippen molar-refractivity contribution in [3.63, 3.8) is 0 Å². The van der Waals surface area contributed by atoms with Gasteiger partial charge in [-0.25, -0.2) is 4.98 Å². The highest BCUT2D eigenvalue weighted by atomic mass is 16.2. The fourth-order valence-corrected chi connectivity index (χ4v) is 3.12. The predicted octanol–water partition coefficient (Wildman–Crippen LogP) is 2.41. The summed E-state index contributed by atoms with van der Waals surface area (Å²) in [5.74, 6) is 0.356. The number of imidazole rings is 1. The molecule has 0 bridgehead atoms. The number of benzene rings is 1.